The molecule has 1 aliphatic rings. The van der Waals surface area contributed by atoms with Gasteiger partial charge < -0.3 is 21.1 Å². The van der Waals surface area contributed by atoms with Crippen molar-refractivity contribution in [3.63, 3.8) is 0 Å². The molecule has 6 heteroatoms. The Hall–Kier alpha value is -2.18. The highest BCUT2D eigenvalue weighted by atomic mass is 16.3. The summed E-state index contributed by atoms with van der Waals surface area (Å²) in [4.78, 5) is 10.7. The van der Waals surface area contributed by atoms with E-state index in [1.165, 1.54) is 0 Å². The highest BCUT2D eigenvalue weighted by Crippen LogP contribution is 2.22. The summed E-state index contributed by atoms with van der Waals surface area (Å²) in [6.07, 6.45) is 3.11. The smallest absolute Gasteiger partial charge is 0.135 e. The summed E-state index contributed by atoms with van der Waals surface area (Å²) < 4.78 is 0. The first kappa shape index (κ1) is 14.7. The van der Waals surface area contributed by atoms with Gasteiger partial charge in [-0.25, -0.2) is 9.97 Å². The summed E-state index contributed by atoms with van der Waals surface area (Å²) in [5.41, 5.74) is 7.68. The summed E-state index contributed by atoms with van der Waals surface area (Å²) in [6, 6.07) is 9.85. The lowest BCUT2D eigenvalue weighted by molar-refractivity contribution is 0.154. The molecule has 116 valence electrons. The second-order valence-corrected chi connectivity index (χ2v) is 5.53. The van der Waals surface area contributed by atoms with Crippen LogP contribution in [0, 0.1) is 0 Å². The Labute approximate surface area is 130 Å². The van der Waals surface area contributed by atoms with Crippen molar-refractivity contribution in [3.8, 4) is 0 Å². The Bertz CT molecular complexity index is 633. The third kappa shape index (κ3) is 3.52. The Kier molecular flexibility index (Phi) is 4.50. The molecule has 1 aromatic carbocycles. The number of nitrogens with one attached hydrogen (secondary N) is 1. The molecule has 4 N–H and O–H groups in total. The molecule has 2 heterocycles. The van der Waals surface area contributed by atoms with E-state index in [1.54, 1.807) is 6.33 Å². The molecular formula is C16H21N5O. The molecule has 1 aromatic heterocycles. The standard InChI is InChI=1S/C16H21N5O/c17-9-12-3-1-4-13(7-12)20-15-8-16(19-11-18-15)21-6-2-5-14(22)10-21/h1,3-4,7-8,11,14,22H,2,5-6,9-10,17H2,(H,18,19,20). The van der Waals surface area contributed by atoms with Crippen LogP contribution in [-0.2, 0) is 6.54 Å². The van der Waals surface area contributed by atoms with Crippen LogP contribution in [0.25, 0.3) is 0 Å². The molecule has 0 bridgehead atoms. The summed E-state index contributed by atoms with van der Waals surface area (Å²) in [5.74, 6) is 1.57. The number of nitrogens with zero attached hydrogens (tertiary/aromatic N) is 3. The number of hydrogen-bond donors (Lipinski definition) is 3. The molecule has 1 fully saturated rings. The Morgan fingerprint density at radius 1 is 1.32 bits per heavy atom. The molecule has 0 radical (unpaired) electrons. The monoisotopic (exact) mass is 299 g/mol. The van der Waals surface area contributed by atoms with E-state index in [2.05, 4.69) is 20.2 Å². The lowest BCUT2D eigenvalue weighted by Gasteiger charge is -2.31. The van der Waals surface area contributed by atoms with Crippen molar-refractivity contribution in [1.29, 1.82) is 0 Å². The fraction of sp³-hybridized carbons (Fsp3) is 0.375. The van der Waals surface area contributed by atoms with Crippen LogP contribution in [0.5, 0.6) is 0 Å². The highest BCUT2D eigenvalue weighted by molar-refractivity contribution is 5.60. The Morgan fingerprint density at radius 2 is 2.23 bits per heavy atom. The third-order valence-corrected chi connectivity index (χ3v) is 3.81. The molecule has 1 unspecified atom stereocenters. The molecular weight excluding hydrogens is 278 g/mol. The van der Waals surface area contributed by atoms with Crippen LogP contribution < -0.4 is 16.0 Å². The van der Waals surface area contributed by atoms with E-state index >= 15 is 0 Å². The van der Waals surface area contributed by atoms with Crippen molar-refractivity contribution in [2.24, 2.45) is 5.73 Å². The van der Waals surface area contributed by atoms with E-state index in [0.717, 1.165) is 42.3 Å². The molecule has 1 aliphatic heterocycles. The van der Waals surface area contributed by atoms with Gasteiger partial charge in [-0.05, 0) is 30.5 Å². The maximum Gasteiger partial charge on any atom is 0.135 e. The van der Waals surface area contributed by atoms with Gasteiger partial charge in [0.2, 0.25) is 0 Å². The maximum absolute atomic E-state index is 9.79. The van der Waals surface area contributed by atoms with Crippen LogP contribution in [0.2, 0.25) is 0 Å². The predicted molar refractivity (Wildman–Crippen MR) is 87.1 cm³/mol. The minimum atomic E-state index is -0.277. The van der Waals surface area contributed by atoms with Gasteiger partial charge in [-0.2, -0.15) is 0 Å². The molecule has 0 amide bonds. The zero-order valence-electron chi connectivity index (χ0n) is 12.4. The van der Waals surface area contributed by atoms with Gasteiger partial charge >= 0.3 is 0 Å². The highest BCUT2D eigenvalue weighted by Gasteiger charge is 2.19. The molecule has 1 saturated heterocycles. The summed E-state index contributed by atoms with van der Waals surface area (Å²) in [6.45, 7) is 2.05. The van der Waals surface area contributed by atoms with Crippen molar-refractivity contribution in [1.82, 2.24) is 9.97 Å². The van der Waals surface area contributed by atoms with Crippen LogP contribution in [0.1, 0.15) is 18.4 Å². The van der Waals surface area contributed by atoms with E-state index in [0.29, 0.717) is 13.1 Å². The van der Waals surface area contributed by atoms with E-state index in [-0.39, 0.29) is 6.10 Å². The molecule has 0 aliphatic carbocycles. The molecule has 1 atom stereocenters. The largest absolute Gasteiger partial charge is 0.391 e. The van der Waals surface area contributed by atoms with Gasteiger partial charge in [0.1, 0.15) is 18.0 Å². The van der Waals surface area contributed by atoms with Crippen LogP contribution in [0.4, 0.5) is 17.3 Å². The number of anilines is 3. The number of aliphatic hydroxyl groups is 1. The number of nitrogens with two attached hydrogens (primary N) is 1. The minimum absolute atomic E-state index is 0.277. The van der Waals surface area contributed by atoms with Gasteiger partial charge in [0.05, 0.1) is 6.10 Å². The Morgan fingerprint density at radius 3 is 3.05 bits per heavy atom. The van der Waals surface area contributed by atoms with E-state index in [4.69, 9.17) is 5.73 Å². The summed E-state index contributed by atoms with van der Waals surface area (Å²) >= 11 is 0. The quantitative estimate of drug-likeness (QED) is 0.795. The van der Waals surface area contributed by atoms with Crippen LogP contribution in [0.3, 0.4) is 0 Å². The number of benzene rings is 1. The number of hydrogen-bond acceptors (Lipinski definition) is 6. The normalized spacial score (nSPS) is 18.3. The van der Waals surface area contributed by atoms with Gasteiger partial charge in [-0.1, -0.05) is 12.1 Å². The number of aromatic nitrogens is 2. The molecule has 0 spiro atoms. The van der Waals surface area contributed by atoms with Crippen molar-refractivity contribution in [2.75, 3.05) is 23.3 Å². The van der Waals surface area contributed by atoms with Crippen molar-refractivity contribution in [3.05, 3.63) is 42.2 Å². The van der Waals surface area contributed by atoms with Crippen LogP contribution >= 0.6 is 0 Å². The topological polar surface area (TPSA) is 87.3 Å². The molecule has 6 nitrogen and oxygen atoms in total. The second kappa shape index (κ2) is 6.72. The molecule has 2 aromatic rings. The van der Waals surface area contributed by atoms with Gasteiger partial charge in [-0.3, -0.25) is 0 Å². The summed E-state index contributed by atoms with van der Waals surface area (Å²) in [5, 5.41) is 13.1. The fourth-order valence-corrected chi connectivity index (χ4v) is 2.68. The number of rotatable bonds is 4. The fourth-order valence-electron chi connectivity index (χ4n) is 2.68. The number of piperidine rings is 1. The first-order valence-corrected chi connectivity index (χ1v) is 7.55. The number of β-amino-alcohol motifs (C(OH)–C–C–N with tert-alkyl or cyclic N) is 1. The zero-order chi connectivity index (χ0) is 15.4. The van der Waals surface area contributed by atoms with E-state index in [1.807, 2.05) is 30.3 Å². The van der Waals surface area contributed by atoms with E-state index in [9.17, 15) is 5.11 Å². The van der Waals surface area contributed by atoms with E-state index < -0.39 is 0 Å². The van der Waals surface area contributed by atoms with Gasteiger partial charge in [0, 0.05) is 31.4 Å². The maximum atomic E-state index is 9.79. The minimum Gasteiger partial charge on any atom is -0.391 e. The predicted octanol–water partition coefficient (Wildman–Crippen LogP) is 1.64. The molecule has 22 heavy (non-hydrogen) atoms. The summed E-state index contributed by atoms with van der Waals surface area (Å²) in [7, 11) is 0. The second-order valence-electron chi connectivity index (χ2n) is 5.53. The van der Waals surface area contributed by atoms with Crippen molar-refractivity contribution < 1.29 is 5.11 Å². The van der Waals surface area contributed by atoms with Gasteiger partial charge in [0.15, 0.2) is 0 Å². The average molecular weight is 299 g/mol. The lowest BCUT2D eigenvalue weighted by Crippen LogP contribution is -2.38. The average Bonchev–Trinajstić information content (AvgIpc) is 2.55. The SMILES string of the molecule is NCc1cccc(Nc2cc(N3CCCC(O)C3)ncn2)c1. The zero-order valence-corrected chi connectivity index (χ0v) is 12.4. The van der Waals surface area contributed by atoms with Crippen molar-refractivity contribution in [2.45, 2.75) is 25.5 Å². The molecule has 3 rings (SSSR count). The third-order valence-electron chi connectivity index (χ3n) is 3.81. The first-order valence-electron chi connectivity index (χ1n) is 7.55. The number of aliphatic hydroxyl groups excluding tert-OH is 1. The van der Waals surface area contributed by atoms with Crippen LogP contribution in [-0.4, -0.2) is 34.3 Å². The lowest BCUT2D eigenvalue weighted by atomic mass is 10.1. The first-order chi connectivity index (χ1) is 10.7. The van der Waals surface area contributed by atoms with Crippen LogP contribution in [0.15, 0.2) is 36.7 Å². The van der Waals surface area contributed by atoms with Gasteiger partial charge in [0.25, 0.3) is 0 Å². The van der Waals surface area contributed by atoms with Crippen molar-refractivity contribution >= 4 is 17.3 Å². The molecule has 0 saturated carbocycles. The Balaban J connectivity index is 1.75. The van der Waals surface area contributed by atoms with Gasteiger partial charge in [-0.15, -0.1) is 0 Å².